The van der Waals surface area contributed by atoms with Gasteiger partial charge < -0.3 is 5.32 Å². The van der Waals surface area contributed by atoms with E-state index in [-0.39, 0.29) is 5.91 Å². The summed E-state index contributed by atoms with van der Waals surface area (Å²) in [6, 6.07) is 9.54. The molecule has 25 heavy (non-hydrogen) atoms. The van der Waals surface area contributed by atoms with Gasteiger partial charge in [0.25, 0.3) is 5.91 Å². The number of hydrogen-bond acceptors (Lipinski definition) is 6. The molecule has 0 radical (unpaired) electrons. The highest BCUT2D eigenvalue weighted by Crippen LogP contribution is 2.29. The fourth-order valence-corrected chi connectivity index (χ4v) is 3.96. The third-order valence-electron chi connectivity index (χ3n) is 3.45. The molecule has 0 atom stereocenters. The maximum Gasteiger partial charge on any atom is 0.275 e. The standard InChI is InChI=1S/C17H13N5OS2/c1-22-9-12(15(21-22)11-5-2-3-7-18-11)19-16(23)13-10-25-17(20-13)14-6-4-8-24-14/h2-10H,1H3,(H,19,23). The van der Waals surface area contributed by atoms with E-state index in [0.29, 0.717) is 22.8 Å². The molecular weight excluding hydrogens is 354 g/mol. The molecule has 0 saturated carbocycles. The van der Waals surface area contributed by atoms with Gasteiger partial charge in [0.05, 0.1) is 16.3 Å². The van der Waals surface area contributed by atoms with Gasteiger partial charge >= 0.3 is 0 Å². The molecule has 4 rings (SSSR count). The van der Waals surface area contributed by atoms with Crippen LogP contribution in [0.5, 0.6) is 0 Å². The Kier molecular flexibility index (Phi) is 4.12. The molecule has 0 aliphatic carbocycles. The van der Waals surface area contributed by atoms with E-state index in [9.17, 15) is 4.79 Å². The first-order valence-electron chi connectivity index (χ1n) is 7.46. The molecule has 0 unspecified atom stereocenters. The van der Waals surface area contributed by atoms with Crippen LogP contribution in [0.3, 0.4) is 0 Å². The van der Waals surface area contributed by atoms with Crippen LogP contribution in [0.1, 0.15) is 10.5 Å². The number of thiophene rings is 1. The molecule has 4 aromatic heterocycles. The zero-order valence-electron chi connectivity index (χ0n) is 13.2. The van der Waals surface area contributed by atoms with Gasteiger partial charge in [-0.2, -0.15) is 5.10 Å². The molecule has 0 saturated heterocycles. The second-order valence-electron chi connectivity index (χ2n) is 5.25. The van der Waals surface area contributed by atoms with Crippen molar-refractivity contribution in [2.75, 3.05) is 5.32 Å². The summed E-state index contributed by atoms with van der Waals surface area (Å²) < 4.78 is 1.65. The summed E-state index contributed by atoms with van der Waals surface area (Å²) in [5.74, 6) is -0.260. The van der Waals surface area contributed by atoms with Crippen molar-refractivity contribution in [1.82, 2.24) is 19.7 Å². The highest BCUT2D eigenvalue weighted by atomic mass is 32.1. The third-order valence-corrected chi connectivity index (χ3v) is 5.33. The molecule has 6 nitrogen and oxygen atoms in total. The van der Waals surface area contributed by atoms with Crippen molar-refractivity contribution in [3.05, 3.63) is 59.2 Å². The summed E-state index contributed by atoms with van der Waals surface area (Å²) in [4.78, 5) is 22.4. The average Bonchev–Trinajstić information content (AvgIpc) is 3.36. The Balaban J connectivity index is 1.60. The molecular formula is C17H13N5OS2. The third kappa shape index (κ3) is 3.21. The number of hydrogen-bond donors (Lipinski definition) is 1. The highest BCUT2D eigenvalue weighted by Gasteiger charge is 2.17. The Labute approximate surface area is 151 Å². The minimum absolute atomic E-state index is 0.260. The van der Waals surface area contributed by atoms with E-state index in [1.54, 1.807) is 40.8 Å². The molecule has 0 aliphatic rings. The topological polar surface area (TPSA) is 72.7 Å². The van der Waals surface area contributed by atoms with Gasteiger partial charge in [-0.1, -0.05) is 12.1 Å². The van der Waals surface area contributed by atoms with E-state index in [0.717, 1.165) is 9.88 Å². The zero-order valence-corrected chi connectivity index (χ0v) is 14.8. The van der Waals surface area contributed by atoms with Crippen molar-refractivity contribution in [3.63, 3.8) is 0 Å². The monoisotopic (exact) mass is 367 g/mol. The Morgan fingerprint density at radius 1 is 1.20 bits per heavy atom. The lowest BCUT2D eigenvalue weighted by Crippen LogP contribution is -2.12. The maximum absolute atomic E-state index is 12.6. The van der Waals surface area contributed by atoms with Crippen molar-refractivity contribution >= 4 is 34.3 Å². The Morgan fingerprint density at radius 3 is 2.88 bits per heavy atom. The molecule has 4 aromatic rings. The first-order chi connectivity index (χ1) is 12.2. The van der Waals surface area contributed by atoms with Crippen LogP contribution < -0.4 is 5.32 Å². The molecule has 8 heteroatoms. The quantitative estimate of drug-likeness (QED) is 0.593. The van der Waals surface area contributed by atoms with Gasteiger partial charge in [-0.05, 0) is 23.6 Å². The van der Waals surface area contributed by atoms with Crippen molar-refractivity contribution in [2.24, 2.45) is 7.05 Å². The van der Waals surface area contributed by atoms with E-state index < -0.39 is 0 Å². The lowest BCUT2D eigenvalue weighted by atomic mass is 10.2. The van der Waals surface area contributed by atoms with E-state index in [4.69, 9.17) is 0 Å². The summed E-state index contributed by atoms with van der Waals surface area (Å²) in [7, 11) is 1.81. The van der Waals surface area contributed by atoms with Crippen LogP contribution in [0.2, 0.25) is 0 Å². The van der Waals surface area contributed by atoms with Crippen LogP contribution >= 0.6 is 22.7 Å². The largest absolute Gasteiger partial charge is 0.317 e. The summed E-state index contributed by atoms with van der Waals surface area (Å²) in [5, 5.41) is 11.9. The first kappa shape index (κ1) is 15.7. The number of thiazole rings is 1. The number of aromatic nitrogens is 4. The number of nitrogens with one attached hydrogen (secondary N) is 1. The number of nitrogens with zero attached hydrogens (tertiary/aromatic N) is 4. The molecule has 0 fully saturated rings. The number of rotatable bonds is 4. The minimum atomic E-state index is -0.260. The van der Waals surface area contributed by atoms with Crippen LogP contribution in [-0.4, -0.2) is 25.7 Å². The highest BCUT2D eigenvalue weighted by molar-refractivity contribution is 7.20. The van der Waals surface area contributed by atoms with Crippen molar-refractivity contribution < 1.29 is 4.79 Å². The van der Waals surface area contributed by atoms with Gasteiger partial charge in [0.15, 0.2) is 0 Å². The predicted molar refractivity (Wildman–Crippen MR) is 99.8 cm³/mol. The summed E-state index contributed by atoms with van der Waals surface area (Å²) >= 11 is 3.06. The zero-order chi connectivity index (χ0) is 17.2. The van der Waals surface area contributed by atoms with Crippen molar-refractivity contribution in [3.8, 4) is 21.3 Å². The second kappa shape index (κ2) is 6.58. The Morgan fingerprint density at radius 2 is 2.12 bits per heavy atom. The number of pyridine rings is 1. The Bertz CT molecular complexity index is 1010. The molecule has 4 heterocycles. The summed E-state index contributed by atoms with van der Waals surface area (Å²) in [6.07, 6.45) is 3.46. The van der Waals surface area contributed by atoms with Crippen molar-refractivity contribution in [2.45, 2.75) is 0 Å². The smallest absolute Gasteiger partial charge is 0.275 e. The fraction of sp³-hybridized carbons (Fsp3) is 0.0588. The number of amides is 1. The SMILES string of the molecule is Cn1cc(NC(=O)c2csc(-c3cccs3)n2)c(-c2ccccn2)n1. The fourth-order valence-electron chi connectivity index (χ4n) is 2.35. The van der Waals surface area contributed by atoms with Gasteiger partial charge in [0.2, 0.25) is 0 Å². The molecule has 0 aliphatic heterocycles. The molecule has 0 aromatic carbocycles. The minimum Gasteiger partial charge on any atom is -0.317 e. The normalized spacial score (nSPS) is 10.8. The summed E-state index contributed by atoms with van der Waals surface area (Å²) in [6.45, 7) is 0. The second-order valence-corrected chi connectivity index (χ2v) is 7.06. The van der Waals surface area contributed by atoms with Crippen LogP contribution in [0, 0.1) is 0 Å². The van der Waals surface area contributed by atoms with Gasteiger partial charge in [-0.15, -0.1) is 22.7 Å². The number of carbonyl (C=O) groups is 1. The number of aryl methyl sites for hydroxylation is 1. The van der Waals surface area contributed by atoms with Gasteiger partial charge in [-0.25, -0.2) is 4.98 Å². The van der Waals surface area contributed by atoms with Crippen LogP contribution in [0.4, 0.5) is 5.69 Å². The molecule has 0 bridgehead atoms. The van der Waals surface area contributed by atoms with E-state index >= 15 is 0 Å². The van der Waals surface area contributed by atoms with Crippen molar-refractivity contribution in [1.29, 1.82) is 0 Å². The average molecular weight is 367 g/mol. The van der Waals surface area contributed by atoms with Gasteiger partial charge in [-0.3, -0.25) is 14.5 Å². The van der Waals surface area contributed by atoms with Crippen LogP contribution in [-0.2, 0) is 7.05 Å². The van der Waals surface area contributed by atoms with Crippen LogP contribution in [0.25, 0.3) is 21.3 Å². The lowest BCUT2D eigenvalue weighted by molar-refractivity contribution is 0.102. The maximum atomic E-state index is 12.6. The summed E-state index contributed by atoms with van der Waals surface area (Å²) in [5.41, 5.74) is 2.34. The number of anilines is 1. The van der Waals surface area contributed by atoms with E-state index in [2.05, 4.69) is 20.4 Å². The Hall–Kier alpha value is -2.84. The van der Waals surface area contributed by atoms with Gasteiger partial charge in [0.1, 0.15) is 16.4 Å². The molecule has 0 spiro atoms. The predicted octanol–water partition coefficient (Wildman–Crippen LogP) is 3.92. The first-order valence-corrected chi connectivity index (χ1v) is 9.22. The molecule has 1 N–H and O–H groups in total. The van der Waals surface area contributed by atoms with E-state index in [1.807, 2.05) is 35.7 Å². The molecule has 1 amide bonds. The number of carbonyl (C=O) groups excluding carboxylic acids is 1. The lowest BCUT2D eigenvalue weighted by Gasteiger charge is -2.03. The van der Waals surface area contributed by atoms with E-state index in [1.165, 1.54) is 11.3 Å². The van der Waals surface area contributed by atoms with Crippen LogP contribution in [0.15, 0.2) is 53.5 Å². The van der Waals surface area contributed by atoms with Gasteiger partial charge in [0, 0.05) is 24.8 Å². The molecule has 124 valence electrons.